The second-order valence-corrected chi connectivity index (χ2v) is 4.88. The van der Waals surface area contributed by atoms with Gasteiger partial charge in [-0.3, -0.25) is 9.36 Å². The molecule has 0 bridgehead atoms. The lowest BCUT2D eigenvalue weighted by atomic mass is 9.83. The van der Waals surface area contributed by atoms with Gasteiger partial charge in [-0.25, -0.2) is 0 Å². The lowest BCUT2D eigenvalue weighted by Gasteiger charge is -2.20. The standard InChI is InChI=1S/C15H14N2O/c16-10-17-9-14(11-5-7-12(18)8-6-11)13-3-1-2-4-15(13)17/h1-4,9,11H,5-8H2. The highest BCUT2D eigenvalue weighted by molar-refractivity contribution is 5.86. The normalized spacial score (nSPS) is 16.9. The maximum atomic E-state index is 11.3. The molecular formula is C15H14N2O. The lowest BCUT2D eigenvalue weighted by Crippen LogP contribution is -2.12. The average Bonchev–Trinajstić information content (AvgIpc) is 2.79. The van der Waals surface area contributed by atoms with Gasteiger partial charge in [0.05, 0.1) is 5.52 Å². The smallest absolute Gasteiger partial charge is 0.188 e. The van der Waals surface area contributed by atoms with Crippen LogP contribution in [0.4, 0.5) is 0 Å². The fourth-order valence-electron chi connectivity index (χ4n) is 2.86. The van der Waals surface area contributed by atoms with E-state index in [1.807, 2.05) is 24.4 Å². The minimum Gasteiger partial charge on any atom is -0.300 e. The Hall–Kier alpha value is -2.08. The largest absolute Gasteiger partial charge is 0.300 e. The van der Waals surface area contributed by atoms with Gasteiger partial charge in [-0.1, -0.05) is 18.2 Å². The van der Waals surface area contributed by atoms with Gasteiger partial charge in [0.25, 0.3) is 0 Å². The van der Waals surface area contributed by atoms with Gasteiger partial charge in [0, 0.05) is 24.4 Å². The zero-order chi connectivity index (χ0) is 12.5. The van der Waals surface area contributed by atoms with Crippen molar-refractivity contribution in [2.75, 3.05) is 0 Å². The zero-order valence-corrected chi connectivity index (χ0v) is 10.1. The van der Waals surface area contributed by atoms with Crippen LogP contribution in [0.3, 0.4) is 0 Å². The van der Waals surface area contributed by atoms with E-state index in [9.17, 15) is 4.79 Å². The first kappa shape index (κ1) is 11.0. The molecule has 0 amide bonds. The fraction of sp³-hybridized carbons (Fsp3) is 0.333. The van der Waals surface area contributed by atoms with Gasteiger partial charge in [0.2, 0.25) is 0 Å². The molecule has 0 aliphatic heterocycles. The molecule has 3 rings (SSSR count). The Morgan fingerprint density at radius 2 is 1.94 bits per heavy atom. The summed E-state index contributed by atoms with van der Waals surface area (Å²) in [6.07, 6.45) is 7.31. The van der Waals surface area contributed by atoms with Gasteiger partial charge >= 0.3 is 0 Å². The fourth-order valence-corrected chi connectivity index (χ4v) is 2.86. The summed E-state index contributed by atoms with van der Waals surface area (Å²) in [4.78, 5) is 11.3. The van der Waals surface area contributed by atoms with Crippen LogP contribution in [0.25, 0.3) is 10.9 Å². The molecule has 0 unspecified atom stereocenters. The predicted molar refractivity (Wildman–Crippen MR) is 69.2 cm³/mol. The molecule has 0 radical (unpaired) electrons. The highest BCUT2D eigenvalue weighted by Gasteiger charge is 2.23. The van der Waals surface area contributed by atoms with Crippen LogP contribution < -0.4 is 0 Å². The molecule has 1 aliphatic rings. The maximum absolute atomic E-state index is 11.3. The third-order valence-electron chi connectivity index (χ3n) is 3.83. The van der Waals surface area contributed by atoms with E-state index < -0.39 is 0 Å². The number of hydrogen-bond acceptors (Lipinski definition) is 2. The molecule has 1 aromatic carbocycles. The molecule has 0 atom stereocenters. The van der Waals surface area contributed by atoms with Crippen LogP contribution in [0, 0.1) is 11.5 Å². The van der Waals surface area contributed by atoms with Gasteiger partial charge in [0.1, 0.15) is 5.78 Å². The van der Waals surface area contributed by atoms with E-state index in [1.165, 1.54) is 5.56 Å². The van der Waals surface area contributed by atoms with Gasteiger partial charge in [-0.2, -0.15) is 5.26 Å². The molecule has 0 spiro atoms. The number of para-hydroxylation sites is 1. The summed E-state index contributed by atoms with van der Waals surface area (Å²) in [6.45, 7) is 0. The zero-order valence-electron chi connectivity index (χ0n) is 10.1. The number of benzene rings is 1. The SMILES string of the molecule is N#Cn1cc(C2CCC(=O)CC2)c2ccccc21. The molecular weight excluding hydrogens is 224 g/mol. The van der Waals surface area contributed by atoms with Crippen molar-refractivity contribution in [1.82, 2.24) is 4.57 Å². The molecule has 1 aromatic heterocycles. The number of Topliss-reactive ketones (excluding diaryl/α,β-unsaturated/α-hetero) is 1. The molecule has 1 heterocycles. The Bertz CT molecular complexity index is 638. The molecule has 1 fully saturated rings. The average molecular weight is 238 g/mol. The Morgan fingerprint density at radius 1 is 1.22 bits per heavy atom. The molecule has 0 N–H and O–H groups in total. The highest BCUT2D eigenvalue weighted by Crippen LogP contribution is 2.36. The Kier molecular flexibility index (Phi) is 2.64. The number of fused-ring (bicyclic) bond motifs is 1. The molecule has 2 aromatic rings. The molecule has 3 nitrogen and oxygen atoms in total. The van der Waals surface area contributed by atoms with E-state index in [4.69, 9.17) is 5.26 Å². The van der Waals surface area contributed by atoms with Crippen molar-refractivity contribution in [1.29, 1.82) is 5.26 Å². The van der Waals surface area contributed by atoms with E-state index in [-0.39, 0.29) is 0 Å². The summed E-state index contributed by atoms with van der Waals surface area (Å²) in [5.41, 5.74) is 2.19. The molecule has 18 heavy (non-hydrogen) atoms. The number of aromatic nitrogens is 1. The number of nitrogens with zero attached hydrogens (tertiary/aromatic N) is 2. The van der Waals surface area contributed by atoms with Gasteiger partial charge in [-0.15, -0.1) is 0 Å². The number of nitriles is 1. The number of ketones is 1. The van der Waals surface area contributed by atoms with Crippen LogP contribution >= 0.6 is 0 Å². The van der Waals surface area contributed by atoms with Gasteiger partial charge < -0.3 is 0 Å². The maximum Gasteiger partial charge on any atom is 0.188 e. The number of carbonyl (C=O) groups is 1. The minimum atomic E-state index is 0.371. The van der Waals surface area contributed by atoms with Crippen molar-refractivity contribution in [2.24, 2.45) is 0 Å². The van der Waals surface area contributed by atoms with Crippen LogP contribution in [0.1, 0.15) is 37.2 Å². The molecule has 90 valence electrons. The molecule has 1 aliphatic carbocycles. The summed E-state index contributed by atoms with van der Waals surface area (Å²) in [6, 6.07) is 7.98. The van der Waals surface area contributed by atoms with Crippen molar-refractivity contribution in [2.45, 2.75) is 31.6 Å². The third-order valence-corrected chi connectivity index (χ3v) is 3.83. The van der Waals surface area contributed by atoms with E-state index >= 15 is 0 Å². The van der Waals surface area contributed by atoms with Crippen molar-refractivity contribution >= 4 is 16.7 Å². The van der Waals surface area contributed by atoms with Crippen LogP contribution in [0.15, 0.2) is 30.5 Å². The quantitative estimate of drug-likeness (QED) is 0.765. The van der Waals surface area contributed by atoms with Gasteiger partial charge in [0.15, 0.2) is 6.19 Å². The second-order valence-electron chi connectivity index (χ2n) is 4.88. The van der Waals surface area contributed by atoms with Crippen LogP contribution in [0.2, 0.25) is 0 Å². The Morgan fingerprint density at radius 3 is 2.67 bits per heavy atom. The highest BCUT2D eigenvalue weighted by atomic mass is 16.1. The van der Waals surface area contributed by atoms with Crippen LogP contribution in [0.5, 0.6) is 0 Å². The monoisotopic (exact) mass is 238 g/mol. The van der Waals surface area contributed by atoms with E-state index in [2.05, 4.69) is 12.3 Å². The van der Waals surface area contributed by atoms with Crippen molar-refractivity contribution in [3.63, 3.8) is 0 Å². The van der Waals surface area contributed by atoms with E-state index in [1.54, 1.807) is 4.57 Å². The first-order valence-electron chi connectivity index (χ1n) is 6.31. The topological polar surface area (TPSA) is 45.8 Å². The summed E-state index contributed by atoms with van der Waals surface area (Å²) in [5, 5.41) is 10.3. The number of hydrogen-bond donors (Lipinski definition) is 0. The van der Waals surface area contributed by atoms with Crippen LogP contribution in [-0.2, 0) is 4.79 Å². The predicted octanol–water partition coefficient (Wildman–Crippen LogP) is 3.20. The van der Waals surface area contributed by atoms with Crippen molar-refractivity contribution < 1.29 is 4.79 Å². The summed E-state index contributed by atoms with van der Waals surface area (Å²) in [5.74, 6) is 0.789. The summed E-state index contributed by atoms with van der Waals surface area (Å²) >= 11 is 0. The minimum absolute atomic E-state index is 0.371. The van der Waals surface area contributed by atoms with E-state index in [0.717, 1.165) is 23.7 Å². The lowest BCUT2D eigenvalue weighted by molar-refractivity contribution is -0.120. The summed E-state index contributed by atoms with van der Waals surface area (Å²) < 4.78 is 1.63. The van der Waals surface area contributed by atoms with Crippen molar-refractivity contribution in [3.8, 4) is 6.19 Å². The first-order chi connectivity index (χ1) is 8.79. The van der Waals surface area contributed by atoms with Crippen molar-refractivity contribution in [3.05, 3.63) is 36.0 Å². The molecule has 1 saturated carbocycles. The van der Waals surface area contributed by atoms with Gasteiger partial charge in [-0.05, 0) is 30.4 Å². The third kappa shape index (κ3) is 1.70. The molecule has 3 heteroatoms. The summed E-state index contributed by atoms with van der Waals surface area (Å²) in [7, 11) is 0. The Labute approximate surface area is 106 Å². The molecule has 0 saturated heterocycles. The Balaban J connectivity index is 2.07. The second kappa shape index (κ2) is 4.30. The number of rotatable bonds is 1. The van der Waals surface area contributed by atoms with Crippen LogP contribution in [-0.4, -0.2) is 10.4 Å². The number of carbonyl (C=O) groups excluding carboxylic acids is 1. The first-order valence-corrected chi connectivity index (χ1v) is 6.31. The van der Waals surface area contributed by atoms with E-state index in [0.29, 0.717) is 24.5 Å².